The van der Waals surface area contributed by atoms with Gasteiger partial charge in [0.05, 0.1) is 16.4 Å². The molecule has 0 saturated heterocycles. The summed E-state index contributed by atoms with van der Waals surface area (Å²) in [5.74, 6) is -0.152. The SMILES string of the molecule is NC1CCC(Nc2nccc(-c3ncccc3Oc3ccc(NS(=O)(=O)c4ccccc4Cl)cc3F)n2)CC1. The van der Waals surface area contributed by atoms with Crippen LogP contribution >= 0.6 is 11.6 Å². The molecule has 0 aliphatic heterocycles. The molecule has 0 bridgehead atoms. The highest BCUT2D eigenvalue weighted by Crippen LogP contribution is 2.33. The monoisotopic (exact) mass is 568 g/mol. The van der Waals surface area contributed by atoms with E-state index in [1.165, 1.54) is 24.3 Å². The van der Waals surface area contributed by atoms with Crippen LogP contribution in [0.4, 0.5) is 16.0 Å². The molecule has 4 N–H and O–H groups in total. The lowest BCUT2D eigenvalue weighted by Gasteiger charge is -2.26. The van der Waals surface area contributed by atoms with Crippen LogP contribution in [-0.4, -0.2) is 35.5 Å². The number of nitrogens with one attached hydrogen (secondary N) is 2. The predicted molar refractivity (Wildman–Crippen MR) is 148 cm³/mol. The molecule has 4 aromatic rings. The molecule has 0 amide bonds. The van der Waals surface area contributed by atoms with Crippen LogP contribution in [-0.2, 0) is 10.0 Å². The number of ether oxygens (including phenoxy) is 1. The summed E-state index contributed by atoms with van der Waals surface area (Å²) in [5.41, 5.74) is 6.92. The number of hydrogen-bond acceptors (Lipinski definition) is 8. The summed E-state index contributed by atoms with van der Waals surface area (Å²) in [6, 6.07) is 15.2. The van der Waals surface area contributed by atoms with Gasteiger partial charge in [0.15, 0.2) is 17.3 Å². The molecule has 0 atom stereocenters. The van der Waals surface area contributed by atoms with Crippen LogP contribution in [0.5, 0.6) is 11.5 Å². The Morgan fingerprint density at radius 2 is 1.74 bits per heavy atom. The highest BCUT2D eigenvalue weighted by molar-refractivity contribution is 7.92. The van der Waals surface area contributed by atoms with Crippen LogP contribution in [0.15, 0.2) is 78.0 Å². The van der Waals surface area contributed by atoms with Crippen molar-refractivity contribution in [1.82, 2.24) is 15.0 Å². The lowest BCUT2D eigenvalue weighted by Crippen LogP contribution is -2.33. The summed E-state index contributed by atoms with van der Waals surface area (Å²) in [6.07, 6.45) is 6.98. The number of anilines is 2. The summed E-state index contributed by atoms with van der Waals surface area (Å²) < 4.78 is 48.6. The van der Waals surface area contributed by atoms with Crippen molar-refractivity contribution in [2.24, 2.45) is 5.73 Å². The van der Waals surface area contributed by atoms with E-state index in [4.69, 9.17) is 22.1 Å². The fraction of sp³-hybridized carbons (Fsp3) is 0.222. The predicted octanol–water partition coefficient (Wildman–Crippen LogP) is 5.61. The maximum absolute atomic E-state index is 15.0. The molecule has 0 spiro atoms. The Morgan fingerprint density at radius 1 is 0.949 bits per heavy atom. The van der Waals surface area contributed by atoms with Gasteiger partial charge in [-0.1, -0.05) is 23.7 Å². The maximum atomic E-state index is 15.0. The molecule has 1 fully saturated rings. The number of rotatable bonds is 8. The lowest BCUT2D eigenvalue weighted by atomic mass is 9.92. The molecule has 5 rings (SSSR count). The van der Waals surface area contributed by atoms with Crippen molar-refractivity contribution >= 4 is 33.3 Å². The zero-order chi connectivity index (χ0) is 27.4. The Hall–Kier alpha value is -3.80. The first-order chi connectivity index (χ1) is 18.8. The minimum absolute atomic E-state index is 0.0152. The highest BCUT2D eigenvalue weighted by atomic mass is 35.5. The zero-order valence-electron chi connectivity index (χ0n) is 20.7. The first kappa shape index (κ1) is 26.8. The van der Waals surface area contributed by atoms with Crippen molar-refractivity contribution in [3.05, 3.63) is 83.9 Å². The Labute approximate surface area is 230 Å². The van der Waals surface area contributed by atoms with Gasteiger partial charge in [-0.2, -0.15) is 0 Å². The minimum Gasteiger partial charge on any atom is -0.452 e. The van der Waals surface area contributed by atoms with Crippen LogP contribution in [0, 0.1) is 5.82 Å². The van der Waals surface area contributed by atoms with Gasteiger partial charge in [-0.05, 0) is 68.1 Å². The largest absolute Gasteiger partial charge is 0.452 e. The number of sulfonamides is 1. The number of halogens is 2. The molecule has 9 nitrogen and oxygen atoms in total. The molecule has 2 aromatic carbocycles. The third-order valence-corrected chi connectivity index (χ3v) is 8.19. The van der Waals surface area contributed by atoms with E-state index in [1.54, 1.807) is 42.7 Å². The molecule has 0 radical (unpaired) electrons. The van der Waals surface area contributed by atoms with Crippen LogP contribution in [0.3, 0.4) is 0 Å². The van der Waals surface area contributed by atoms with E-state index in [-0.39, 0.29) is 39.2 Å². The quantitative estimate of drug-likeness (QED) is 0.250. The molecule has 202 valence electrons. The maximum Gasteiger partial charge on any atom is 0.263 e. The Bertz CT molecular complexity index is 1580. The van der Waals surface area contributed by atoms with E-state index >= 15 is 4.39 Å². The van der Waals surface area contributed by atoms with Crippen molar-refractivity contribution in [2.75, 3.05) is 10.0 Å². The Morgan fingerprint density at radius 3 is 2.51 bits per heavy atom. The normalized spacial score (nSPS) is 17.4. The summed E-state index contributed by atoms with van der Waals surface area (Å²) in [4.78, 5) is 13.2. The summed E-state index contributed by atoms with van der Waals surface area (Å²) in [7, 11) is -4.02. The van der Waals surface area contributed by atoms with Crippen LogP contribution in [0.25, 0.3) is 11.4 Å². The van der Waals surface area contributed by atoms with Crippen molar-refractivity contribution < 1.29 is 17.5 Å². The third kappa shape index (κ3) is 6.44. The second-order valence-electron chi connectivity index (χ2n) is 9.15. The smallest absolute Gasteiger partial charge is 0.263 e. The van der Waals surface area contributed by atoms with E-state index in [0.717, 1.165) is 31.7 Å². The van der Waals surface area contributed by atoms with Crippen LogP contribution in [0.2, 0.25) is 5.02 Å². The van der Waals surface area contributed by atoms with Gasteiger partial charge in [0.2, 0.25) is 5.95 Å². The van der Waals surface area contributed by atoms with Crippen LogP contribution < -0.4 is 20.5 Å². The third-order valence-electron chi connectivity index (χ3n) is 6.30. The molecule has 1 saturated carbocycles. The number of aromatic nitrogens is 3. The van der Waals surface area contributed by atoms with Crippen LogP contribution in [0.1, 0.15) is 25.7 Å². The van der Waals surface area contributed by atoms with E-state index in [2.05, 4.69) is 25.0 Å². The van der Waals surface area contributed by atoms with Gasteiger partial charge in [0.1, 0.15) is 10.6 Å². The fourth-order valence-electron chi connectivity index (χ4n) is 4.31. The van der Waals surface area contributed by atoms with Gasteiger partial charge in [-0.25, -0.2) is 22.8 Å². The fourth-order valence-corrected chi connectivity index (χ4v) is 5.88. The average Bonchev–Trinajstić information content (AvgIpc) is 2.92. The van der Waals surface area contributed by atoms with E-state index in [9.17, 15) is 8.42 Å². The number of nitrogens with zero attached hydrogens (tertiary/aromatic N) is 3. The molecular formula is C27H26ClFN6O3S. The number of benzene rings is 2. The topological polar surface area (TPSA) is 132 Å². The van der Waals surface area contributed by atoms with Gasteiger partial charge >= 0.3 is 0 Å². The molecule has 2 heterocycles. The standard InChI is InChI=1S/C27H26ClFN6O3S/c28-20-4-1-2-6-25(20)39(36,37)35-19-11-12-23(21(29)16-19)38-24-5-3-14-31-26(24)22-13-15-32-27(34-22)33-18-9-7-17(30)8-10-18/h1-6,11-18,35H,7-10,30H2,(H,32,33,34). The van der Waals surface area contributed by atoms with Gasteiger partial charge < -0.3 is 15.8 Å². The Balaban J connectivity index is 1.34. The van der Waals surface area contributed by atoms with Crippen molar-refractivity contribution in [2.45, 2.75) is 42.7 Å². The van der Waals surface area contributed by atoms with E-state index in [0.29, 0.717) is 17.3 Å². The molecular weight excluding hydrogens is 543 g/mol. The molecule has 0 unspecified atom stereocenters. The van der Waals surface area contributed by atoms with E-state index in [1.807, 2.05) is 0 Å². The molecule has 2 aromatic heterocycles. The number of nitrogens with two attached hydrogens (primary N) is 1. The summed E-state index contributed by atoms with van der Waals surface area (Å²) in [6.45, 7) is 0. The number of hydrogen-bond donors (Lipinski definition) is 3. The summed E-state index contributed by atoms with van der Waals surface area (Å²) in [5, 5.41) is 3.42. The number of pyridine rings is 1. The summed E-state index contributed by atoms with van der Waals surface area (Å²) >= 11 is 6.01. The highest BCUT2D eigenvalue weighted by Gasteiger charge is 2.21. The van der Waals surface area contributed by atoms with Gasteiger partial charge in [0.25, 0.3) is 10.0 Å². The zero-order valence-corrected chi connectivity index (χ0v) is 22.3. The molecule has 12 heteroatoms. The first-order valence-corrected chi connectivity index (χ1v) is 14.2. The minimum atomic E-state index is -4.02. The van der Waals surface area contributed by atoms with E-state index < -0.39 is 15.8 Å². The van der Waals surface area contributed by atoms with Crippen molar-refractivity contribution in [1.29, 1.82) is 0 Å². The van der Waals surface area contributed by atoms with Gasteiger partial charge in [-0.3, -0.25) is 9.71 Å². The molecule has 39 heavy (non-hydrogen) atoms. The van der Waals surface area contributed by atoms with Gasteiger partial charge in [-0.15, -0.1) is 0 Å². The second kappa shape index (κ2) is 11.5. The molecule has 1 aliphatic carbocycles. The average molecular weight is 569 g/mol. The molecule has 1 aliphatic rings. The lowest BCUT2D eigenvalue weighted by molar-refractivity contribution is 0.410. The second-order valence-corrected chi connectivity index (χ2v) is 11.2. The van der Waals surface area contributed by atoms with Gasteiger partial charge in [0, 0.05) is 30.5 Å². The van der Waals surface area contributed by atoms with Crippen molar-refractivity contribution in [3.8, 4) is 22.9 Å². The Kier molecular flexibility index (Phi) is 7.92. The van der Waals surface area contributed by atoms with Crippen molar-refractivity contribution in [3.63, 3.8) is 0 Å². The first-order valence-electron chi connectivity index (χ1n) is 12.3.